The van der Waals surface area contributed by atoms with Gasteiger partial charge in [0.1, 0.15) is 5.58 Å². The lowest BCUT2D eigenvalue weighted by atomic mass is 10.2. The van der Waals surface area contributed by atoms with E-state index in [1.165, 1.54) is 10.5 Å². The Morgan fingerprint density at radius 2 is 1.72 bits per heavy atom. The molecule has 0 aliphatic heterocycles. The lowest BCUT2D eigenvalue weighted by molar-refractivity contribution is 0.511. The van der Waals surface area contributed by atoms with Gasteiger partial charge in [-0.25, -0.2) is 0 Å². The number of furan rings is 1. The second kappa shape index (κ2) is 4.82. The molecule has 0 radical (unpaired) electrons. The maximum atomic E-state index is 5.87. The highest BCUT2D eigenvalue weighted by atomic mass is 79.9. The number of halogens is 1. The summed E-state index contributed by atoms with van der Waals surface area (Å²) in [6, 6.07) is 16.4. The summed E-state index contributed by atoms with van der Waals surface area (Å²) in [6.07, 6.45) is 0. The van der Waals surface area contributed by atoms with Gasteiger partial charge in [0, 0.05) is 10.3 Å². The van der Waals surface area contributed by atoms with Crippen LogP contribution in [0.3, 0.4) is 0 Å². The molecule has 0 aliphatic rings. The van der Waals surface area contributed by atoms with Crippen LogP contribution < -0.4 is 0 Å². The van der Waals surface area contributed by atoms with Crippen LogP contribution in [-0.2, 0) is 0 Å². The molecule has 0 N–H and O–H groups in total. The van der Waals surface area contributed by atoms with Gasteiger partial charge in [-0.2, -0.15) is 0 Å². The van der Waals surface area contributed by atoms with Crippen LogP contribution in [0.4, 0.5) is 0 Å². The third-order valence-corrected chi connectivity index (χ3v) is 5.00. The molecule has 18 heavy (non-hydrogen) atoms. The quantitative estimate of drug-likeness (QED) is 0.605. The first kappa shape index (κ1) is 11.9. The minimum Gasteiger partial charge on any atom is -0.448 e. The first-order valence-electron chi connectivity index (χ1n) is 5.66. The minimum atomic E-state index is 0.908. The van der Waals surface area contributed by atoms with Crippen LogP contribution >= 0.6 is 27.7 Å². The van der Waals surface area contributed by atoms with Crippen molar-refractivity contribution in [1.29, 1.82) is 0 Å². The maximum absolute atomic E-state index is 5.87. The molecule has 0 unspecified atom stereocenters. The van der Waals surface area contributed by atoms with Gasteiger partial charge in [-0.15, -0.1) is 0 Å². The van der Waals surface area contributed by atoms with E-state index < -0.39 is 0 Å². The highest BCUT2D eigenvalue weighted by Gasteiger charge is 2.13. The molecule has 1 aromatic heterocycles. The van der Waals surface area contributed by atoms with E-state index in [2.05, 4.69) is 41.1 Å². The molecule has 90 valence electrons. The molecule has 0 amide bonds. The average molecular weight is 319 g/mol. The van der Waals surface area contributed by atoms with Gasteiger partial charge in [-0.05, 0) is 46.6 Å². The normalized spacial score (nSPS) is 11.0. The second-order valence-corrected chi connectivity index (χ2v) is 5.87. The standard InChI is InChI=1S/C15H11BrOS/c1-10-6-2-5-9-13(10)18-15-14(16)11-7-3-4-8-12(11)17-15/h2-9H,1H3. The van der Waals surface area contributed by atoms with Crippen LogP contribution in [0.2, 0.25) is 0 Å². The molecule has 0 spiro atoms. The van der Waals surface area contributed by atoms with E-state index in [0.29, 0.717) is 0 Å². The van der Waals surface area contributed by atoms with Gasteiger partial charge >= 0.3 is 0 Å². The van der Waals surface area contributed by atoms with E-state index in [0.717, 1.165) is 20.5 Å². The van der Waals surface area contributed by atoms with Crippen LogP contribution in [0.25, 0.3) is 11.0 Å². The highest BCUT2D eigenvalue weighted by molar-refractivity contribution is 9.10. The Morgan fingerprint density at radius 1 is 1.00 bits per heavy atom. The SMILES string of the molecule is Cc1ccccc1Sc1oc2ccccc2c1Br. The molecular weight excluding hydrogens is 308 g/mol. The van der Waals surface area contributed by atoms with Crippen molar-refractivity contribution in [3.63, 3.8) is 0 Å². The van der Waals surface area contributed by atoms with Crippen molar-refractivity contribution in [3.05, 3.63) is 58.6 Å². The number of rotatable bonds is 2. The first-order valence-corrected chi connectivity index (χ1v) is 7.27. The van der Waals surface area contributed by atoms with Gasteiger partial charge in [0.15, 0.2) is 5.09 Å². The number of fused-ring (bicyclic) bond motifs is 1. The maximum Gasteiger partial charge on any atom is 0.180 e. The smallest absolute Gasteiger partial charge is 0.180 e. The molecule has 0 fully saturated rings. The highest BCUT2D eigenvalue weighted by Crippen LogP contribution is 2.41. The summed E-state index contributed by atoms with van der Waals surface area (Å²) >= 11 is 5.27. The molecule has 1 heterocycles. The number of para-hydroxylation sites is 1. The Balaban J connectivity index is 2.06. The Hall–Kier alpha value is -1.19. The Morgan fingerprint density at radius 3 is 2.50 bits per heavy atom. The minimum absolute atomic E-state index is 0.908. The number of hydrogen-bond acceptors (Lipinski definition) is 2. The van der Waals surface area contributed by atoms with E-state index in [1.807, 2.05) is 30.3 Å². The fraction of sp³-hybridized carbons (Fsp3) is 0.0667. The molecule has 2 aromatic carbocycles. The van der Waals surface area contributed by atoms with E-state index in [9.17, 15) is 0 Å². The molecule has 3 aromatic rings. The summed E-state index contributed by atoms with van der Waals surface area (Å²) < 4.78 is 6.91. The Kier molecular flexibility index (Phi) is 3.18. The van der Waals surface area contributed by atoms with Crippen LogP contribution in [-0.4, -0.2) is 0 Å². The van der Waals surface area contributed by atoms with Crippen molar-refractivity contribution >= 4 is 38.7 Å². The van der Waals surface area contributed by atoms with Gasteiger partial charge < -0.3 is 4.42 Å². The zero-order chi connectivity index (χ0) is 12.5. The third-order valence-electron chi connectivity index (χ3n) is 2.80. The lowest BCUT2D eigenvalue weighted by Crippen LogP contribution is -1.77. The van der Waals surface area contributed by atoms with Gasteiger partial charge in [0.2, 0.25) is 0 Å². The lowest BCUT2D eigenvalue weighted by Gasteiger charge is -2.02. The molecule has 1 nitrogen and oxygen atoms in total. The Bertz CT molecular complexity index is 703. The largest absolute Gasteiger partial charge is 0.448 e. The van der Waals surface area contributed by atoms with Crippen molar-refractivity contribution in [2.45, 2.75) is 16.9 Å². The summed E-state index contributed by atoms with van der Waals surface area (Å²) in [7, 11) is 0. The van der Waals surface area contributed by atoms with Gasteiger partial charge in [-0.1, -0.05) is 42.1 Å². The predicted octanol–water partition coefficient (Wildman–Crippen LogP) is 5.65. The van der Waals surface area contributed by atoms with E-state index in [4.69, 9.17) is 4.42 Å². The molecular formula is C15H11BrOS. The first-order chi connectivity index (χ1) is 8.75. The number of benzene rings is 2. The third kappa shape index (κ3) is 2.08. The average Bonchev–Trinajstić information content (AvgIpc) is 2.70. The molecule has 0 saturated heterocycles. The van der Waals surface area contributed by atoms with Crippen molar-refractivity contribution in [2.75, 3.05) is 0 Å². The zero-order valence-corrected chi connectivity index (χ0v) is 12.2. The fourth-order valence-electron chi connectivity index (χ4n) is 1.83. The molecule has 0 atom stereocenters. The summed E-state index contributed by atoms with van der Waals surface area (Å²) in [4.78, 5) is 1.22. The molecule has 0 bridgehead atoms. The summed E-state index contributed by atoms with van der Waals surface area (Å²) in [5.74, 6) is 0. The molecule has 3 heteroatoms. The van der Waals surface area contributed by atoms with Crippen LogP contribution in [0.1, 0.15) is 5.56 Å². The molecule has 3 rings (SSSR count). The fourth-order valence-corrected chi connectivity index (χ4v) is 3.39. The van der Waals surface area contributed by atoms with Gasteiger partial charge in [-0.3, -0.25) is 0 Å². The summed E-state index contributed by atoms with van der Waals surface area (Å²) in [5.41, 5.74) is 2.18. The number of hydrogen-bond donors (Lipinski definition) is 0. The molecule has 0 aliphatic carbocycles. The van der Waals surface area contributed by atoms with E-state index in [1.54, 1.807) is 11.8 Å². The van der Waals surface area contributed by atoms with Gasteiger partial charge in [0.25, 0.3) is 0 Å². The Labute approximate surface area is 118 Å². The van der Waals surface area contributed by atoms with Gasteiger partial charge in [0.05, 0.1) is 4.47 Å². The van der Waals surface area contributed by atoms with Crippen molar-refractivity contribution < 1.29 is 4.42 Å². The van der Waals surface area contributed by atoms with Crippen LogP contribution in [0, 0.1) is 6.92 Å². The second-order valence-electron chi connectivity index (χ2n) is 4.07. The summed E-state index contributed by atoms with van der Waals surface area (Å²) in [6.45, 7) is 2.11. The predicted molar refractivity (Wildman–Crippen MR) is 79.2 cm³/mol. The molecule has 0 saturated carbocycles. The van der Waals surface area contributed by atoms with Crippen LogP contribution in [0.5, 0.6) is 0 Å². The van der Waals surface area contributed by atoms with E-state index in [-0.39, 0.29) is 0 Å². The van der Waals surface area contributed by atoms with E-state index >= 15 is 0 Å². The monoisotopic (exact) mass is 318 g/mol. The zero-order valence-electron chi connectivity index (χ0n) is 9.81. The number of aryl methyl sites for hydroxylation is 1. The van der Waals surface area contributed by atoms with Crippen molar-refractivity contribution in [2.24, 2.45) is 0 Å². The van der Waals surface area contributed by atoms with Crippen LogP contribution in [0.15, 0.2) is 67.4 Å². The topological polar surface area (TPSA) is 13.1 Å². The summed E-state index contributed by atoms with van der Waals surface area (Å²) in [5, 5.41) is 2.03. The van der Waals surface area contributed by atoms with Crippen molar-refractivity contribution in [3.8, 4) is 0 Å². The van der Waals surface area contributed by atoms with Crippen molar-refractivity contribution in [1.82, 2.24) is 0 Å².